The van der Waals surface area contributed by atoms with Gasteiger partial charge in [0.15, 0.2) is 0 Å². The Morgan fingerprint density at radius 1 is 1.17 bits per heavy atom. The number of alkyl halides is 3. The molecule has 0 aliphatic heterocycles. The number of aromatic nitrogens is 3. The van der Waals surface area contributed by atoms with E-state index >= 15 is 0 Å². The topological polar surface area (TPSA) is 70.7 Å². The number of H-pyrrole nitrogens is 1. The molecule has 8 heteroatoms. The number of imidazole rings is 1. The van der Waals surface area contributed by atoms with Crippen LogP contribution < -0.4 is 5.32 Å². The molecule has 0 aliphatic rings. The van der Waals surface area contributed by atoms with Crippen LogP contribution in [0.4, 0.5) is 13.2 Å². The zero-order valence-corrected chi connectivity index (χ0v) is 12.6. The summed E-state index contributed by atoms with van der Waals surface area (Å²) < 4.78 is 37.8. The minimum absolute atomic E-state index is 0.0203. The predicted molar refractivity (Wildman–Crippen MR) is 81.2 cm³/mol. The van der Waals surface area contributed by atoms with Crippen LogP contribution in [0.1, 0.15) is 27.6 Å². The van der Waals surface area contributed by atoms with E-state index in [0.29, 0.717) is 5.82 Å². The summed E-state index contributed by atoms with van der Waals surface area (Å²) in [5.74, 6) is 0.0521. The number of aromatic amines is 1. The molecular formula is C16H13F3N4O. The van der Waals surface area contributed by atoms with E-state index in [9.17, 15) is 18.0 Å². The molecule has 1 aromatic carbocycles. The molecule has 3 rings (SSSR count). The van der Waals surface area contributed by atoms with Crippen molar-refractivity contribution < 1.29 is 18.0 Å². The van der Waals surface area contributed by atoms with E-state index in [1.165, 1.54) is 6.92 Å². The van der Waals surface area contributed by atoms with Gasteiger partial charge in [-0.25, -0.2) is 9.97 Å². The second kappa shape index (κ2) is 5.95. The average molecular weight is 334 g/mol. The van der Waals surface area contributed by atoms with E-state index < -0.39 is 17.8 Å². The molecule has 2 aromatic heterocycles. The van der Waals surface area contributed by atoms with Crippen molar-refractivity contribution in [1.82, 2.24) is 20.3 Å². The lowest BCUT2D eigenvalue weighted by molar-refractivity contribution is -0.141. The summed E-state index contributed by atoms with van der Waals surface area (Å²) in [6.07, 6.45) is -4.53. The fourth-order valence-electron chi connectivity index (χ4n) is 2.31. The number of fused-ring (bicyclic) bond motifs is 1. The number of hydrogen-bond acceptors (Lipinski definition) is 3. The quantitative estimate of drug-likeness (QED) is 0.773. The first-order chi connectivity index (χ1) is 11.3. The number of rotatable bonds is 3. The number of carbonyl (C=O) groups excluding carboxylic acids is 1. The molecule has 0 aliphatic carbocycles. The summed E-state index contributed by atoms with van der Waals surface area (Å²) >= 11 is 0. The summed E-state index contributed by atoms with van der Waals surface area (Å²) in [6, 6.07) is 9.32. The maximum absolute atomic E-state index is 12.6. The normalized spacial score (nSPS) is 11.7. The number of nitrogens with one attached hydrogen (secondary N) is 2. The van der Waals surface area contributed by atoms with Crippen molar-refractivity contribution in [2.24, 2.45) is 0 Å². The molecular weight excluding hydrogens is 321 g/mol. The highest BCUT2D eigenvalue weighted by molar-refractivity contribution is 5.95. The minimum Gasteiger partial charge on any atom is -0.345 e. The fourth-order valence-corrected chi connectivity index (χ4v) is 2.31. The summed E-state index contributed by atoms with van der Waals surface area (Å²) in [6.45, 7) is 1.50. The van der Waals surface area contributed by atoms with Crippen molar-refractivity contribution in [1.29, 1.82) is 0 Å². The SMILES string of the molecule is Cc1nc(C(F)(F)F)ccc1C(=O)NCc1nc2ccccc2[nH]1. The second-order valence-corrected chi connectivity index (χ2v) is 5.21. The van der Waals surface area contributed by atoms with Crippen LogP contribution >= 0.6 is 0 Å². The van der Waals surface area contributed by atoms with Crippen LogP contribution in [0.3, 0.4) is 0 Å². The molecule has 5 nitrogen and oxygen atoms in total. The number of nitrogens with zero attached hydrogens (tertiary/aromatic N) is 2. The molecule has 0 spiro atoms. The van der Waals surface area contributed by atoms with E-state index in [2.05, 4.69) is 20.3 Å². The third-order valence-corrected chi connectivity index (χ3v) is 3.48. The Balaban J connectivity index is 1.73. The Kier molecular flexibility index (Phi) is 3.96. The van der Waals surface area contributed by atoms with Gasteiger partial charge in [-0.05, 0) is 31.2 Å². The van der Waals surface area contributed by atoms with E-state index in [1.807, 2.05) is 24.3 Å². The molecule has 0 unspecified atom stereocenters. The van der Waals surface area contributed by atoms with E-state index in [1.54, 1.807) is 0 Å². The Bertz CT molecular complexity index is 869. The number of benzene rings is 1. The molecule has 0 radical (unpaired) electrons. The van der Waals surface area contributed by atoms with E-state index in [4.69, 9.17) is 0 Å². The van der Waals surface area contributed by atoms with Crippen molar-refractivity contribution in [2.45, 2.75) is 19.6 Å². The van der Waals surface area contributed by atoms with Crippen LogP contribution in [0, 0.1) is 6.92 Å². The lowest BCUT2D eigenvalue weighted by Gasteiger charge is -2.10. The first kappa shape index (κ1) is 16.0. The van der Waals surface area contributed by atoms with Gasteiger partial charge >= 0.3 is 6.18 Å². The molecule has 0 atom stereocenters. The van der Waals surface area contributed by atoms with Gasteiger partial charge in [-0.2, -0.15) is 13.2 Å². The number of aryl methyl sites for hydroxylation is 1. The molecule has 2 heterocycles. The van der Waals surface area contributed by atoms with Gasteiger partial charge in [0.2, 0.25) is 0 Å². The third kappa shape index (κ3) is 3.22. The van der Waals surface area contributed by atoms with Gasteiger partial charge in [0.05, 0.1) is 28.8 Å². The number of amides is 1. The van der Waals surface area contributed by atoms with Crippen LogP contribution in [0.2, 0.25) is 0 Å². The number of hydrogen-bond donors (Lipinski definition) is 2. The van der Waals surface area contributed by atoms with Crippen LogP contribution in [-0.2, 0) is 12.7 Å². The van der Waals surface area contributed by atoms with Gasteiger partial charge < -0.3 is 10.3 Å². The molecule has 3 aromatic rings. The molecule has 0 saturated heterocycles. The maximum Gasteiger partial charge on any atom is 0.433 e. The van der Waals surface area contributed by atoms with Gasteiger partial charge in [0, 0.05) is 0 Å². The van der Waals surface area contributed by atoms with Gasteiger partial charge in [0.1, 0.15) is 11.5 Å². The zero-order valence-electron chi connectivity index (χ0n) is 12.6. The number of carbonyl (C=O) groups is 1. The highest BCUT2D eigenvalue weighted by Crippen LogP contribution is 2.28. The van der Waals surface area contributed by atoms with Gasteiger partial charge in [-0.15, -0.1) is 0 Å². The second-order valence-electron chi connectivity index (χ2n) is 5.21. The molecule has 0 bridgehead atoms. The maximum atomic E-state index is 12.6. The molecule has 0 saturated carbocycles. The molecule has 1 amide bonds. The Hall–Kier alpha value is -2.90. The summed E-state index contributed by atoms with van der Waals surface area (Å²) in [7, 11) is 0. The Labute approximate surface area is 134 Å². The highest BCUT2D eigenvalue weighted by atomic mass is 19.4. The largest absolute Gasteiger partial charge is 0.433 e. The molecule has 0 fully saturated rings. The van der Waals surface area contributed by atoms with Crippen LogP contribution in [-0.4, -0.2) is 20.9 Å². The van der Waals surface area contributed by atoms with Gasteiger partial charge in [-0.3, -0.25) is 4.79 Å². The van der Waals surface area contributed by atoms with Crippen molar-refractivity contribution in [3.8, 4) is 0 Å². The first-order valence-corrected chi connectivity index (χ1v) is 7.11. The van der Waals surface area contributed by atoms with Crippen LogP contribution in [0.25, 0.3) is 11.0 Å². The highest BCUT2D eigenvalue weighted by Gasteiger charge is 2.33. The van der Waals surface area contributed by atoms with E-state index in [0.717, 1.165) is 23.2 Å². The number of halogens is 3. The molecule has 24 heavy (non-hydrogen) atoms. The fraction of sp³-hybridized carbons (Fsp3) is 0.188. The van der Waals surface area contributed by atoms with Crippen LogP contribution in [0.15, 0.2) is 36.4 Å². The summed E-state index contributed by atoms with van der Waals surface area (Å²) in [4.78, 5) is 23.0. The summed E-state index contributed by atoms with van der Waals surface area (Å²) in [5.41, 5.74) is 0.711. The monoisotopic (exact) mass is 334 g/mol. The van der Waals surface area contributed by atoms with Crippen molar-refractivity contribution in [3.05, 3.63) is 59.2 Å². The van der Waals surface area contributed by atoms with Crippen molar-refractivity contribution in [2.75, 3.05) is 0 Å². The van der Waals surface area contributed by atoms with E-state index in [-0.39, 0.29) is 17.8 Å². The van der Waals surface area contributed by atoms with Crippen LogP contribution in [0.5, 0.6) is 0 Å². The number of pyridine rings is 1. The molecule has 2 N–H and O–H groups in total. The average Bonchev–Trinajstić information content (AvgIpc) is 2.94. The number of para-hydroxylation sites is 2. The minimum atomic E-state index is -4.53. The van der Waals surface area contributed by atoms with Gasteiger partial charge in [-0.1, -0.05) is 12.1 Å². The first-order valence-electron chi connectivity index (χ1n) is 7.11. The zero-order chi connectivity index (χ0) is 17.3. The smallest absolute Gasteiger partial charge is 0.345 e. The third-order valence-electron chi connectivity index (χ3n) is 3.48. The Morgan fingerprint density at radius 2 is 1.92 bits per heavy atom. The standard InChI is InChI=1S/C16H13F3N4O/c1-9-10(6-7-13(21-9)16(17,18)19)15(24)20-8-14-22-11-4-2-3-5-12(11)23-14/h2-7H,8H2,1H3,(H,20,24)(H,22,23). The summed E-state index contributed by atoms with van der Waals surface area (Å²) in [5, 5.41) is 2.62. The van der Waals surface area contributed by atoms with Crippen molar-refractivity contribution in [3.63, 3.8) is 0 Å². The lowest BCUT2D eigenvalue weighted by Crippen LogP contribution is -2.25. The van der Waals surface area contributed by atoms with Gasteiger partial charge in [0.25, 0.3) is 5.91 Å². The van der Waals surface area contributed by atoms with Crippen molar-refractivity contribution >= 4 is 16.9 Å². The Morgan fingerprint density at radius 3 is 2.58 bits per heavy atom. The molecule has 124 valence electrons. The predicted octanol–water partition coefficient (Wildman–Crippen LogP) is 3.22. The lowest BCUT2D eigenvalue weighted by atomic mass is 10.1.